The van der Waals surface area contributed by atoms with Gasteiger partial charge in [0.2, 0.25) is 5.91 Å². The Morgan fingerprint density at radius 3 is 2.43 bits per heavy atom. The molecular weight excluding hydrogens is 366 g/mol. The van der Waals surface area contributed by atoms with Gasteiger partial charge in [0.1, 0.15) is 0 Å². The number of rotatable bonds is 3. The summed E-state index contributed by atoms with van der Waals surface area (Å²) < 4.78 is 0. The lowest BCUT2D eigenvalue weighted by molar-refractivity contribution is -0.133. The van der Waals surface area contributed by atoms with Gasteiger partial charge < -0.3 is 5.32 Å². The number of benzene rings is 2. The fourth-order valence-corrected chi connectivity index (χ4v) is 6.41. The lowest BCUT2D eigenvalue weighted by Crippen LogP contribution is -2.53. The highest BCUT2D eigenvalue weighted by Crippen LogP contribution is 2.57. The number of amides is 1. The highest BCUT2D eigenvalue weighted by atomic mass is 16.2. The summed E-state index contributed by atoms with van der Waals surface area (Å²) in [6.45, 7) is 13.4. The molecule has 0 aliphatic heterocycles. The highest BCUT2D eigenvalue weighted by Gasteiger charge is 2.55. The van der Waals surface area contributed by atoms with Gasteiger partial charge in [0.25, 0.3) is 0 Å². The Morgan fingerprint density at radius 1 is 1.07 bits per heavy atom. The summed E-state index contributed by atoms with van der Waals surface area (Å²) >= 11 is 0. The summed E-state index contributed by atoms with van der Waals surface area (Å²) in [6, 6.07) is 13.4. The molecule has 0 saturated heterocycles. The molecule has 1 N–H and O–H groups in total. The Kier molecular flexibility index (Phi) is 5.33. The minimum Gasteiger partial charge on any atom is -0.325 e. The molecule has 1 saturated carbocycles. The third-order valence-electron chi connectivity index (χ3n) is 8.28. The number of aryl methyl sites for hydroxylation is 3. The van der Waals surface area contributed by atoms with E-state index in [-0.39, 0.29) is 16.7 Å². The van der Waals surface area contributed by atoms with Crippen LogP contribution in [-0.2, 0) is 16.6 Å². The minimum atomic E-state index is -0.337. The first-order chi connectivity index (χ1) is 14.2. The number of nitrogens with one attached hydrogen (secondary N) is 1. The zero-order chi connectivity index (χ0) is 21.7. The summed E-state index contributed by atoms with van der Waals surface area (Å²) in [5.74, 6) is 1.14. The second-order valence-electron chi connectivity index (χ2n) is 10.6. The predicted molar refractivity (Wildman–Crippen MR) is 126 cm³/mol. The zero-order valence-electron chi connectivity index (χ0n) is 19.6. The highest BCUT2D eigenvalue weighted by molar-refractivity contribution is 5.97. The van der Waals surface area contributed by atoms with E-state index in [9.17, 15) is 4.79 Å². The van der Waals surface area contributed by atoms with Crippen molar-refractivity contribution in [3.63, 3.8) is 0 Å². The predicted octanol–water partition coefficient (Wildman–Crippen LogP) is 7.08. The second-order valence-corrected chi connectivity index (χ2v) is 10.6. The van der Waals surface area contributed by atoms with E-state index in [0.29, 0.717) is 11.8 Å². The number of fused-ring (bicyclic) bond motifs is 3. The number of carbonyl (C=O) groups is 1. The van der Waals surface area contributed by atoms with E-state index < -0.39 is 0 Å². The fourth-order valence-electron chi connectivity index (χ4n) is 6.41. The maximum Gasteiger partial charge on any atom is 0.230 e. The molecule has 0 bridgehead atoms. The van der Waals surface area contributed by atoms with Crippen LogP contribution in [0, 0.1) is 25.2 Å². The van der Waals surface area contributed by atoms with E-state index in [1.54, 1.807) is 0 Å². The van der Waals surface area contributed by atoms with Gasteiger partial charge in [0, 0.05) is 5.69 Å². The topological polar surface area (TPSA) is 29.1 Å². The summed E-state index contributed by atoms with van der Waals surface area (Å²) in [6.07, 6.45) is 5.45. The van der Waals surface area contributed by atoms with Gasteiger partial charge in [0.15, 0.2) is 0 Å². The smallest absolute Gasteiger partial charge is 0.230 e. The van der Waals surface area contributed by atoms with Crippen molar-refractivity contribution in [1.29, 1.82) is 0 Å². The first-order valence-electron chi connectivity index (χ1n) is 11.7. The fraction of sp³-hybridized carbons (Fsp3) is 0.536. The van der Waals surface area contributed by atoms with Gasteiger partial charge in [-0.2, -0.15) is 0 Å². The molecule has 0 radical (unpaired) electrons. The van der Waals surface area contributed by atoms with Crippen molar-refractivity contribution in [2.24, 2.45) is 11.3 Å². The molecule has 1 amide bonds. The van der Waals surface area contributed by atoms with Crippen LogP contribution < -0.4 is 5.32 Å². The van der Waals surface area contributed by atoms with Crippen molar-refractivity contribution in [2.75, 3.05) is 5.32 Å². The van der Waals surface area contributed by atoms with Crippen molar-refractivity contribution in [3.05, 3.63) is 64.2 Å². The standard InChI is InChI=1S/C28H37NO/c1-18(2)21-11-13-23-22(17-21)12-14-24-27(23,5)15-8-16-28(24,6)26(30)29-25-19(3)9-7-10-20(25)4/h7,9-11,13,17-18,24H,8,12,14-16H2,1-6H3,(H,29,30)/t24?,27?,28-/m1/s1. The summed E-state index contributed by atoms with van der Waals surface area (Å²) in [7, 11) is 0. The molecular formula is C28H37NO. The molecule has 2 nitrogen and oxygen atoms in total. The van der Waals surface area contributed by atoms with Crippen molar-refractivity contribution >= 4 is 11.6 Å². The third-order valence-corrected chi connectivity index (χ3v) is 8.28. The van der Waals surface area contributed by atoms with E-state index >= 15 is 0 Å². The van der Waals surface area contributed by atoms with Crippen LogP contribution in [0.4, 0.5) is 5.69 Å². The van der Waals surface area contributed by atoms with Crippen molar-refractivity contribution in [2.45, 2.75) is 85.0 Å². The zero-order valence-corrected chi connectivity index (χ0v) is 19.6. The van der Waals surface area contributed by atoms with Gasteiger partial charge in [-0.1, -0.05) is 70.5 Å². The quantitative estimate of drug-likeness (QED) is 0.583. The maximum atomic E-state index is 13.7. The maximum absolute atomic E-state index is 13.7. The first kappa shape index (κ1) is 21.2. The van der Waals surface area contributed by atoms with Gasteiger partial charge in [-0.15, -0.1) is 0 Å². The second kappa shape index (κ2) is 7.55. The molecule has 2 aromatic carbocycles. The number of carbonyl (C=O) groups excluding carboxylic acids is 1. The van der Waals surface area contributed by atoms with Gasteiger partial charge in [-0.25, -0.2) is 0 Å². The Bertz CT molecular complexity index is 954. The molecule has 0 aromatic heterocycles. The number of hydrogen-bond donors (Lipinski definition) is 1. The van der Waals surface area contributed by atoms with Crippen molar-refractivity contribution < 1.29 is 4.79 Å². The average molecular weight is 404 g/mol. The van der Waals surface area contributed by atoms with Gasteiger partial charge >= 0.3 is 0 Å². The molecule has 1 fully saturated rings. The van der Waals surface area contributed by atoms with Crippen LogP contribution in [-0.4, -0.2) is 5.91 Å². The molecule has 30 heavy (non-hydrogen) atoms. The first-order valence-corrected chi connectivity index (χ1v) is 11.7. The van der Waals surface area contributed by atoms with Crippen LogP contribution >= 0.6 is 0 Å². The molecule has 0 heterocycles. The summed E-state index contributed by atoms with van der Waals surface area (Å²) in [5.41, 5.74) is 7.45. The molecule has 2 aliphatic rings. The molecule has 2 heteroatoms. The molecule has 4 rings (SSSR count). The number of para-hydroxylation sites is 1. The SMILES string of the molecule is Cc1cccc(C)c1NC(=O)[C@]1(C)CCCC2(C)c3ccc(C(C)C)cc3CCC21. The average Bonchev–Trinajstić information content (AvgIpc) is 2.70. The van der Waals surface area contributed by atoms with E-state index in [1.165, 1.54) is 23.1 Å². The normalized spacial score (nSPS) is 28.0. The lowest BCUT2D eigenvalue weighted by atomic mass is 9.49. The number of hydrogen-bond acceptors (Lipinski definition) is 1. The summed E-state index contributed by atoms with van der Waals surface area (Å²) in [4.78, 5) is 13.7. The molecule has 2 aliphatic carbocycles. The van der Waals surface area contributed by atoms with E-state index in [4.69, 9.17) is 0 Å². The monoisotopic (exact) mass is 403 g/mol. The van der Waals surface area contributed by atoms with Crippen molar-refractivity contribution in [3.8, 4) is 0 Å². The van der Waals surface area contributed by atoms with Gasteiger partial charge in [0.05, 0.1) is 5.41 Å². The summed E-state index contributed by atoms with van der Waals surface area (Å²) in [5, 5.41) is 3.35. The van der Waals surface area contributed by atoms with Crippen molar-refractivity contribution in [1.82, 2.24) is 0 Å². The lowest BCUT2D eigenvalue weighted by Gasteiger charge is -2.54. The number of anilines is 1. The molecule has 2 aromatic rings. The van der Waals surface area contributed by atoms with Gasteiger partial charge in [-0.3, -0.25) is 4.79 Å². The Hall–Kier alpha value is -2.09. The molecule has 2 unspecified atom stereocenters. The Morgan fingerprint density at radius 2 is 1.77 bits per heavy atom. The Balaban J connectivity index is 1.69. The third kappa shape index (κ3) is 3.29. The van der Waals surface area contributed by atoms with E-state index in [2.05, 4.69) is 83.3 Å². The molecule has 3 atom stereocenters. The van der Waals surface area contributed by atoms with Gasteiger partial charge in [-0.05, 0) is 84.6 Å². The molecule has 160 valence electrons. The van der Waals surface area contributed by atoms with Crippen LogP contribution in [0.15, 0.2) is 36.4 Å². The van der Waals surface area contributed by atoms with Crippen LogP contribution in [0.5, 0.6) is 0 Å². The minimum absolute atomic E-state index is 0.0776. The van der Waals surface area contributed by atoms with Crippen LogP contribution in [0.2, 0.25) is 0 Å². The van der Waals surface area contributed by atoms with Crippen LogP contribution in [0.3, 0.4) is 0 Å². The van der Waals surface area contributed by atoms with Crippen LogP contribution in [0.1, 0.15) is 87.1 Å². The van der Waals surface area contributed by atoms with E-state index in [1.807, 2.05) is 0 Å². The largest absolute Gasteiger partial charge is 0.325 e. The Labute approximate surface area is 182 Å². The molecule has 0 spiro atoms. The van der Waals surface area contributed by atoms with Crippen LogP contribution in [0.25, 0.3) is 0 Å². The van der Waals surface area contributed by atoms with E-state index in [0.717, 1.165) is 42.5 Å².